The Labute approximate surface area is 178 Å². The van der Waals surface area contributed by atoms with Crippen molar-refractivity contribution < 1.29 is 17.6 Å². The number of benzene rings is 2. The van der Waals surface area contributed by atoms with Crippen LogP contribution in [0.2, 0.25) is 5.02 Å². The fourth-order valence-corrected chi connectivity index (χ4v) is 3.97. The van der Waals surface area contributed by atoms with Crippen LogP contribution in [0.3, 0.4) is 0 Å². The first-order chi connectivity index (χ1) is 13.2. The lowest BCUT2D eigenvalue weighted by molar-refractivity contribution is -0.121. The van der Waals surface area contributed by atoms with Crippen LogP contribution in [0.1, 0.15) is 18.4 Å². The summed E-state index contributed by atoms with van der Waals surface area (Å²) in [5.74, 6) is -0.459. The van der Waals surface area contributed by atoms with Gasteiger partial charge in [-0.3, -0.25) is 9.10 Å². The highest BCUT2D eigenvalue weighted by Crippen LogP contribution is 2.28. The van der Waals surface area contributed by atoms with Crippen molar-refractivity contribution in [2.75, 3.05) is 23.7 Å². The maximum atomic E-state index is 12.9. The first kappa shape index (κ1) is 22.6. The smallest absolute Gasteiger partial charge is 0.232 e. The van der Waals surface area contributed by atoms with Gasteiger partial charge in [0, 0.05) is 24.0 Å². The Bertz CT molecular complexity index is 923. The Morgan fingerprint density at radius 3 is 2.50 bits per heavy atom. The number of amides is 1. The minimum atomic E-state index is -3.50. The lowest BCUT2D eigenvalue weighted by Gasteiger charge is -2.22. The van der Waals surface area contributed by atoms with Crippen LogP contribution < -0.4 is 9.62 Å². The van der Waals surface area contributed by atoms with Crippen LogP contribution in [-0.4, -0.2) is 33.7 Å². The van der Waals surface area contributed by atoms with E-state index in [0.717, 1.165) is 11.8 Å². The summed E-state index contributed by atoms with van der Waals surface area (Å²) in [6, 6.07) is 11.0. The van der Waals surface area contributed by atoms with E-state index in [-0.39, 0.29) is 24.7 Å². The van der Waals surface area contributed by atoms with Crippen molar-refractivity contribution in [1.29, 1.82) is 0 Å². The van der Waals surface area contributed by atoms with E-state index in [1.165, 1.54) is 16.4 Å². The van der Waals surface area contributed by atoms with Crippen molar-refractivity contribution in [2.45, 2.75) is 19.3 Å². The van der Waals surface area contributed by atoms with E-state index >= 15 is 0 Å². The highest BCUT2D eigenvalue weighted by molar-refractivity contribution is 9.10. The zero-order valence-electron chi connectivity index (χ0n) is 15.3. The Morgan fingerprint density at radius 1 is 1.21 bits per heavy atom. The molecule has 1 amide bonds. The van der Waals surface area contributed by atoms with Crippen LogP contribution in [-0.2, 0) is 21.2 Å². The molecule has 28 heavy (non-hydrogen) atoms. The molecule has 0 heterocycles. The number of hydrogen-bond donors (Lipinski definition) is 1. The molecule has 152 valence electrons. The van der Waals surface area contributed by atoms with E-state index in [9.17, 15) is 17.6 Å². The third kappa shape index (κ3) is 7.07. The van der Waals surface area contributed by atoms with E-state index in [1.807, 2.05) is 0 Å². The van der Waals surface area contributed by atoms with Gasteiger partial charge in [0.2, 0.25) is 15.9 Å². The van der Waals surface area contributed by atoms with E-state index in [1.54, 1.807) is 30.3 Å². The first-order valence-corrected chi connectivity index (χ1v) is 11.6. The minimum Gasteiger partial charge on any atom is -0.356 e. The van der Waals surface area contributed by atoms with Crippen LogP contribution in [0.25, 0.3) is 0 Å². The van der Waals surface area contributed by atoms with Crippen molar-refractivity contribution in [2.24, 2.45) is 0 Å². The van der Waals surface area contributed by atoms with Gasteiger partial charge in [0.1, 0.15) is 5.82 Å². The molecule has 0 fully saturated rings. The molecule has 0 aliphatic carbocycles. The van der Waals surface area contributed by atoms with E-state index in [2.05, 4.69) is 21.2 Å². The number of nitrogens with zero attached hydrogens (tertiary/aromatic N) is 1. The lowest BCUT2D eigenvalue weighted by atomic mass is 10.1. The highest BCUT2D eigenvalue weighted by Gasteiger charge is 2.18. The lowest BCUT2D eigenvalue weighted by Crippen LogP contribution is -2.32. The van der Waals surface area contributed by atoms with Crippen molar-refractivity contribution in [3.8, 4) is 0 Å². The number of halogens is 3. The molecule has 1 N–H and O–H groups in total. The summed E-state index contributed by atoms with van der Waals surface area (Å²) >= 11 is 9.33. The first-order valence-electron chi connectivity index (χ1n) is 8.61. The summed E-state index contributed by atoms with van der Waals surface area (Å²) in [4.78, 5) is 12.0. The van der Waals surface area contributed by atoms with Crippen molar-refractivity contribution in [3.05, 3.63) is 63.3 Å². The molecule has 2 aromatic rings. The van der Waals surface area contributed by atoms with Crippen LogP contribution in [0.15, 0.2) is 46.9 Å². The predicted molar refractivity (Wildman–Crippen MR) is 114 cm³/mol. The van der Waals surface area contributed by atoms with Gasteiger partial charge in [0.05, 0.1) is 17.0 Å². The topological polar surface area (TPSA) is 66.5 Å². The van der Waals surface area contributed by atoms with Gasteiger partial charge in [-0.15, -0.1) is 0 Å². The van der Waals surface area contributed by atoms with Gasteiger partial charge in [-0.2, -0.15) is 0 Å². The maximum absolute atomic E-state index is 12.9. The molecular formula is C19H21BrClFN2O3S. The normalized spacial score (nSPS) is 11.3. The zero-order chi connectivity index (χ0) is 20.7. The SMILES string of the molecule is CS(=O)(=O)N(CCCC(=O)NCCc1ccc(F)cc1)c1ccc(Br)c(Cl)c1. The van der Waals surface area contributed by atoms with Crippen molar-refractivity contribution in [1.82, 2.24) is 5.32 Å². The number of sulfonamides is 1. The largest absolute Gasteiger partial charge is 0.356 e. The number of anilines is 1. The Balaban J connectivity index is 1.83. The van der Waals surface area contributed by atoms with Gasteiger partial charge in [-0.05, 0) is 64.7 Å². The van der Waals surface area contributed by atoms with E-state index < -0.39 is 10.0 Å². The molecule has 2 aromatic carbocycles. The molecule has 0 unspecified atom stereocenters. The summed E-state index contributed by atoms with van der Waals surface area (Å²) in [6.07, 6.45) is 2.27. The summed E-state index contributed by atoms with van der Waals surface area (Å²) in [5.41, 5.74) is 1.38. The second-order valence-electron chi connectivity index (χ2n) is 6.26. The average Bonchev–Trinajstić information content (AvgIpc) is 2.62. The fourth-order valence-electron chi connectivity index (χ4n) is 2.60. The fraction of sp³-hybridized carbons (Fsp3) is 0.316. The van der Waals surface area contributed by atoms with Gasteiger partial charge in [0.25, 0.3) is 0 Å². The Hall–Kier alpha value is -1.64. The summed E-state index contributed by atoms with van der Waals surface area (Å²) < 4.78 is 39.0. The summed E-state index contributed by atoms with van der Waals surface area (Å²) in [5, 5.41) is 3.19. The van der Waals surface area contributed by atoms with Crippen LogP contribution in [0.5, 0.6) is 0 Å². The van der Waals surface area contributed by atoms with Gasteiger partial charge in [-0.25, -0.2) is 12.8 Å². The van der Waals surface area contributed by atoms with Gasteiger partial charge < -0.3 is 5.32 Å². The number of carbonyl (C=O) groups is 1. The van der Waals surface area contributed by atoms with Crippen molar-refractivity contribution >= 4 is 49.1 Å². The summed E-state index contributed by atoms with van der Waals surface area (Å²) in [7, 11) is -3.50. The van der Waals surface area contributed by atoms with Crippen LogP contribution in [0, 0.1) is 5.82 Å². The molecule has 0 aliphatic heterocycles. The molecule has 9 heteroatoms. The second kappa shape index (κ2) is 10.2. The second-order valence-corrected chi connectivity index (χ2v) is 9.43. The molecule has 0 saturated heterocycles. The summed E-state index contributed by atoms with van der Waals surface area (Å²) in [6.45, 7) is 0.602. The van der Waals surface area contributed by atoms with Crippen molar-refractivity contribution in [3.63, 3.8) is 0 Å². The Kier molecular flexibility index (Phi) is 8.27. The number of nitrogens with one attached hydrogen (secondary N) is 1. The standard InChI is InChI=1S/C19H21BrClFN2O3S/c1-28(26,27)24(16-8-9-17(20)18(21)13-16)12-2-3-19(25)23-11-10-14-4-6-15(22)7-5-14/h4-9,13H,2-3,10-12H2,1H3,(H,23,25). The predicted octanol–water partition coefficient (Wildman–Crippen LogP) is 4.15. The van der Waals surface area contributed by atoms with Gasteiger partial charge >= 0.3 is 0 Å². The molecule has 0 aromatic heterocycles. The third-order valence-electron chi connectivity index (χ3n) is 4.01. The quantitative estimate of drug-likeness (QED) is 0.573. The molecule has 0 spiro atoms. The van der Waals surface area contributed by atoms with E-state index in [4.69, 9.17) is 11.6 Å². The molecule has 0 radical (unpaired) electrons. The van der Waals surface area contributed by atoms with Crippen LogP contribution >= 0.6 is 27.5 Å². The molecule has 5 nitrogen and oxygen atoms in total. The minimum absolute atomic E-state index is 0.163. The van der Waals surface area contributed by atoms with Gasteiger partial charge in [0.15, 0.2) is 0 Å². The number of carbonyl (C=O) groups excluding carboxylic acids is 1. The molecular weight excluding hydrogens is 471 g/mol. The van der Waals surface area contributed by atoms with Gasteiger partial charge in [-0.1, -0.05) is 23.7 Å². The molecule has 0 bridgehead atoms. The molecule has 0 saturated carbocycles. The monoisotopic (exact) mass is 490 g/mol. The maximum Gasteiger partial charge on any atom is 0.232 e. The zero-order valence-corrected chi connectivity index (χ0v) is 18.4. The highest BCUT2D eigenvalue weighted by atomic mass is 79.9. The number of rotatable bonds is 9. The third-order valence-corrected chi connectivity index (χ3v) is 6.43. The average molecular weight is 492 g/mol. The molecule has 2 rings (SSSR count). The number of hydrogen-bond acceptors (Lipinski definition) is 3. The Morgan fingerprint density at radius 2 is 1.89 bits per heavy atom. The van der Waals surface area contributed by atoms with E-state index in [0.29, 0.717) is 34.6 Å². The molecule has 0 atom stereocenters. The van der Waals surface area contributed by atoms with Crippen LogP contribution in [0.4, 0.5) is 10.1 Å². The molecule has 0 aliphatic rings.